The molecular weight excluding hydrogens is 555 g/mol. The largest absolute Gasteiger partial charge is 0.490 e. The molecule has 2 atom stereocenters. The molecule has 0 radical (unpaired) electrons. The van der Waals surface area contributed by atoms with Crippen LogP contribution in [-0.4, -0.2) is 101 Å². The quantitative estimate of drug-likeness (QED) is 0.481. The van der Waals surface area contributed by atoms with E-state index in [1.54, 1.807) is 6.20 Å². The molecule has 13 heteroatoms. The number of carbonyl (C=O) groups excluding carboxylic acids is 2. The number of carboxylic acid groups (broad SMARTS) is 1. The summed E-state index contributed by atoms with van der Waals surface area (Å²) in [5, 5.41) is 15.2. The molecule has 0 bridgehead atoms. The van der Waals surface area contributed by atoms with Crippen LogP contribution in [0.1, 0.15) is 49.7 Å². The average Bonchev–Trinajstić information content (AvgIpc) is 3.39. The summed E-state index contributed by atoms with van der Waals surface area (Å²) in [5.41, 5.74) is 2.57. The molecule has 2 fully saturated rings. The van der Waals surface area contributed by atoms with E-state index in [0.717, 1.165) is 24.2 Å². The van der Waals surface area contributed by atoms with E-state index in [-0.39, 0.29) is 23.8 Å². The fourth-order valence-electron chi connectivity index (χ4n) is 5.15. The zero-order valence-electron chi connectivity index (χ0n) is 24.3. The van der Waals surface area contributed by atoms with Crippen molar-refractivity contribution in [3.05, 3.63) is 47.8 Å². The third-order valence-electron chi connectivity index (χ3n) is 7.09. The van der Waals surface area contributed by atoms with Crippen LogP contribution in [-0.2, 0) is 20.7 Å². The normalized spacial score (nSPS) is 19.2. The first kappa shape index (κ1) is 33.1. The van der Waals surface area contributed by atoms with Crippen molar-refractivity contribution in [1.29, 1.82) is 0 Å². The Hall–Kier alpha value is -3.45. The monoisotopic (exact) mass is 595 g/mol. The number of nitrogens with one attached hydrogen (secondary N) is 1. The van der Waals surface area contributed by atoms with Crippen LogP contribution in [0.15, 0.2) is 36.5 Å². The van der Waals surface area contributed by atoms with Crippen molar-refractivity contribution in [2.75, 3.05) is 45.9 Å². The van der Waals surface area contributed by atoms with Gasteiger partial charge in [-0.15, -0.1) is 0 Å². The molecule has 3 heterocycles. The molecular formula is C29H40F3N5O5. The van der Waals surface area contributed by atoms with E-state index in [9.17, 15) is 22.8 Å². The molecule has 2 aromatic rings. The van der Waals surface area contributed by atoms with E-state index in [1.165, 1.54) is 0 Å². The van der Waals surface area contributed by atoms with Crippen LogP contribution in [0.3, 0.4) is 0 Å². The number of carboxylic acids is 1. The van der Waals surface area contributed by atoms with Gasteiger partial charge in [-0.3, -0.25) is 9.59 Å². The van der Waals surface area contributed by atoms with E-state index < -0.39 is 12.1 Å². The summed E-state index contributed by atoms with van der Waals surface area (Å²) in [5.74, 6) is -2.39. The van der Waals surface area contributed by atoms with Crippen LogP contribution in [0, 0.1) is 11.8 Å². The van der Waals surface area contributed by atoms with Crippen LogP contribution < -0.4 is 5.32 Å². The fourth-order valence-corrected chi connectivity index (χ4v) is 5.15. The molecule has 2 aliphatic rings. The molecule has 2 aliphatic heterocycles. The molecule has 10 nitrogen and oxygen atoms in total. The number of morpholine rings is 1. The molecule has 2 amide bonds. The zero-order valence-corrected chi connectivity index (χ0v) is 24.3. The minimum Gasteiger partial charge on any atom is -0.475 e. The second kappa shape index (κ2) is 15.1. The van der Waals surface area contributed by atoms with Gasteiger partial charge < -0.3 is 25.0 Å². The van der Waals surface area contributed by atoms with E-state index in [4.69, 9.17) is 14.6 Å². The van der Waals surface area contributed by atoms with Crippen LogP contribution in [0.5, 0.6) is 0 Å². The molecule has 0 aliphatic carbocycles. The number of hydrogen-bond donors (Lipinski definition) is 2. The highest BCUT2D eigenvalue weighted by Gasteiger charge is 2.38. The average molecular weight is 596 g/mol. The lowest BCUT2D eigenvalue weighted by Crippen LogP contribution is -2.56. The van der Waals surface area contributed by atoms with Crippen molar-refractivity contribution >= 4 is 17.8 Å². The Balaban J connectivity index is 0.000000616. The summed E-state index contributed by atoms with van der Waals surface area (Å²) in [6, 6.07) is 9.94. The van der Waals surface area contributed by atoms with Crippen LogP contribution in [0.4, 0.5) is 13.2 Å². The lowest BCUT2D eigenvalue weighted by atomic mass is 9.92. The lowest BCUT2D eigenvalue weighted by molar-refractivity contribution is -0.192. The molecule has 42 heavy (non-hydrogen) atoms. The van der Waals surface area contributed by atoms with Gasteiger partial charge in [-0.2, -0.15) is 18.3 Å². The van der Waals surface area contributed by atoms with E-state index in [0.29, 0.717) is 63.8 Å². The number of ether oxygens (including phenoxy) is 1. The second-order valence-corrected chi connectivity index (χ2v) is 10.8. The van der Waals surface area contributed by atoms with E-state index >= 15 is 0 Å². The summed E-state index contributed by atoms with van der Waals surface area (Å²) in [6.07, 6.45) is -0.992. The van der Waals surface area contributed by atoms with Crippen LogP contribution >= 0.6 is 0 Å². The van der Waals surface area contributed by atoms with Crippen molar-refractivity contribution in [1.82, 2.24) is 24.9 Å². The smallest absolute Gasteiger partial charge is 0.475 e. The number of nitrogens with zero attached hydrogens (tertiary/aromatic N) is 4. The number of alkyl halides is 3. The Bertz CT molecular complexity index is 1180. The minimum absolute atomic E-state index is 0.00982. The summed E-state index contributed by atoms with van der Waals surface area (Å²) in [4.78, 5) is 40.0. The van der Waals surface area contributed by atoms with Crippen LogP contribution in [0.25, 0.3) is 5.69 Å². The van der Waals surface area contributed by atoms with Gasteiger partial charge in [0, 0.05) is 38.8 Å². The van der Waals surface area contributed by atoms with Crippen molar-refractivity contribution < 1.29 is 37.4 Å². The van der Waals surface area contributed by atoms with Crippen molar-refractivity contribution in [3.63, 3.8) is 0 Å². The first-order chi connectivity index (χ1) is 19.9. The third-order valence-corrected chi connectivity index (χ3v) is 7.09. The molecule has 1 aromatic heterocycles. The van der Waals surface area contributed by atoms with Crippen molar-refractivity contribution in [2.45, 2.75) is 52.3 Å². The number of piperidine rings is 1. The van der Waals surface area contributed by atoms with Gasteiger partial charge in [0.2, 0.25) is 5.91 Å². The Morgan fingerprint density at radius 1 is 1.14 bits per heavy atom. The van der Waals surface area contributed by atoms with E-state index in [2.05, 4.69) is 31.2 Å². The molecule has 2 saturated heterocycles. The van der Waals surface area contributed by atoms with Crippen LogP contribution in [0.2, 0.25) is 0 Å². The van der Waals surface area contributed by atoms with Gasteiger partial charge in [-0.05, 0) is 30.9 Å². The molecule has 2 N–H and O–H groups in total. The summed E-state index contributed by atoms with van der Waals surface area (Å²) in [6.45, 7) is 10.9. The SMILES string of the molecule is CCCc1c(C(=O)N(CC(C)C)[C@@H]2CNC[C@H](C(=O)N3CCOCC3)C2)cnn1-c1ccccc1.O=C(O)C(F)(F)F. The Morgan fingerprint density at radius 3 is 2.36 bits per heavy atom. The number of hydrogen-bond acceptors (Lipinski definition) is 6. The summed E-state index contributed by atoms with van der Waals surface area (Å²) < 4.78 is 39.0. The maximum absolute atomic E-state index is 14.0. The maximum atomic E-state index is 14.0. The Morgan fingerprint density at radius 2 is 1.79 bits per heavy atom. The number of halogens is 3. The number of para-hydroxylation sites is 1. The Kier molecular flexibility index (Phi) is 11.9. The number of amides is 2. The lowest BCUT2D eigenvalue weighted by Gasteiger charge is -2.40. The molecule has 232 valence electrons. The molecule has 0 unspecified atom stereocenters. The highest BCUT2D eigenvalue weighted by Crippen LogP contribution is 2.25. The van der Waals surface area contributed by atoms with Gasteiger partial charge in [-0.25, -0.2) is 9.48 Å². The van der Waals surface area contributed by atoms with Gasteiger partial charge in [0.1, 0.15) is 0 Å². The number of benzene rings is 1. The number of aliphatic carboxylic acids is 1. The molecule has 0 spiro atoms. The van der Waals surface area contributed by atoms with Gasteiger partial charge in [0.25, 0.3) is 5.91 Å². The molecule has 1 aromatic carbocycles. The molecule has 4 rings (SSSR count). The highest BCUT2D eigenvalue weighted by molar-refractivity contribution is 5.95. The first-order valence-corrected chi connectivity index (χ1v) is 14.2. The zero-order chi connectivity index (χ0) is 30.9. The van der Waals surface area contributed by atoms with Gasteiger partial charge in [0.15, 0.2) is 0 Å². The third kappa shape index (κ3) is 8.78. The van der Waals surface area contributed by atoms with Gasteiger partial charge >= 0.3 is 12.1 Å². The first-order valence-electron chi connectivity index (χ1n) is 14.2. The summed E-state index contributed by atoms with van der Waals surface area (Å²) in [7, 11) is 0. The van der Waals surface area contributed by atoms with Crippen molar-refractivity contribution in [2.24, 2.45) is 11.8 Å². The van der Waals surface area contributed by atoms with Gasteiger partial charge in [-0.1, -0.05) is 45.4 Å². The van der Waals surface area contributed by atoms with E-state index in [1.807, 2.05) is 44.8 Å². The second-order valence-electron chi connectivity index (χ2n) is 10.8. The molecule has 0 saturated carbocycles. The predicted octanol–water partition coefficient (Wildman–Crippen LogP) is 3.39. The number of rotatable bonds is 8. The maximum Gasteiger partial charge on any atom is 0.490 e. The standard InChI is InChI=1S/C27H39N5O3.C2HF3O2/c1-4-8-25-24(18-29-32(25)22-9-6-5-7-10-22)27(34)31(19-20(2)3)23-15-21(16-28-17-23)26(33)30-11-13-35-14-12-30;3-2(4,5)1(6)7/h5-7,9-10,18,20-21,23,28H,4,8,11-17,19H2,1-3H3;(H,6,7)/t21-,23+;/m1./s1. The highest BCUT2D eigenvalue weighted by atomic mass is 19.4. The van der Waals surface area contributed by atoms with Gasteiger partial charge in [0.05, 0.1) is 42.3 Å². The predicted molar refractivity (Wildman–Crippen MR) is 149 cm³/mol. The number of carbonyl (C=O) groups is 3. The minimum atomic E-state index is -5.08. The Labute approximate surface area is 243 Å². The van der Waals surface area contributed by atoms with Crippen molar-refractivity contribution in [3.8, 4) is 5.69 Å². The summed E-state index contributed by atoms with van der Waals surface area (Å²) >= 11 is 0. The fraction of sp³-hybridized carbons (Fsp3) is 0.586. The topological polar surface area (TPSA) is 117 Å². The number of aromatic nitrogens is 2.